The summed E-state index contributed by atoms with van der Waals surface area (Å²) in [5.74, 6) is 0.794. The van der Waals surface area contributed by atoms with Gasteiger partial charge in [0.2, 0.25) is 0 Å². The van der Waals surface area contributed by atoms with Gasteiger partial charge in [-0.1, -0.05) is 6.42 Å². The number of Topliss-reactive ketones (excluding diaryl/α,β-unsaturated/α-hetero) is 1. The number of ketones is 1. The van der Waals surface area contributed by atoms with Crippen LogP contribution in [0.3, 0.4) is 0 Å². The second kappa shape index (κ2) is 8.35. The fourth-order valence-corrected chi connectivity index (χ4v) is 5.07. The first kappa shape index (κ1) is 20.1. The van der Waals surface area contributed by atoms with Gasteiger partial charge in [0.25, 0.3) is 5.91 Å². The molecule has 0 bridgehead atoms. The Balaban J connectivity index is 1.46. The molecule has 1 aliphatic carbocycles. The highest BCUT2D eigenvalue weighted by atomic mass is 16.5. The summed E-state index contributed by atoms with van der Waals surface area (Å²) in [4.78, 5) is 31.3. The molecule has 1 amide bonds. The van der Waals surface area contributed by atoms with Crippen LogP contribution in [-0.4, -0.2) is 48.3 Å². The second-order valence-corrected chi connectivity index (χ2v) is 8.77. The Morgan fingerprint density at radius 3 is 2.74 bits per heavy atom. The average molecular weight is 420 g/mol. The highest BCUT2D eigenvalue weighted by Gasteiger charge is 2.28. The first-order valence-corrected chi connectivity index (χ1v) is 11.3. The van der Waals surface area contributed by atoms with Crippen molar-refractivity contribution in [3.63, 3.8) is 0 Å². The molecule has 3 heterocycles. The van der Waals surface area contributed by atoms with Crippen LogP contribution in [0.1, 0.15) is 65.0 Å². The predicted molar refractivity (Wildman–Crippen MR) is 122 cm³/mol. The van der Waals surface area contributed by atoms with Crippen molar-refractivity contribution in [2.45, 2.75) is 44.9 Å². The standard InChI is InChI=1S/C25H29N3O3/c1-31-24-17-7-3-4-8-20(17)26-22(24)14-19-18-13-16(9-10-21(18)27-25(19)30)23(29)15-28-11-5-2-6-12-28/h9-10,13-14,26H,2-8,11-12,15H2,1H3,(H,27,30). The van der Waals surface area contributed by atoms with Gasteiger partial charge >= 0.3 is 0 Å². The Labute approximate surface area is 182 Å². The molecule has 0 atom stereocenters. The normalized spacial score (nSPS) is 19.8. The van der Waals surface area contributed by atoms with Crippen LogP contribution in [0.4, 0.5) is 5.69 Å². The van der Waals surface area contributed by atoms with Gasteiger partial charge in [0.15, 0.2) is 5.78 Å². The minimum atomic E-state index is -0.148. The fourth-order valence-electron chi connectivity index (χ4n) is 5.07. The van der Waals surface area contributed by atoms with Crippen LogP contribution in [0, 0.1) is 0 Å². The first-order valence-electron chi connectivity index (χ1n) is 11.3. The highest BCUT2D eigenvalue weighted by molar-refractivity contribution is 6.35. The molecule has 5 rings (SSSR count). The van der Waals surface area contributed by atoms with Crippen LogP contribution in [0.25, 0.3) is 11.6 Å². The fraction of sp³-hybridized carbons (Fsp3) is 0.440. The van der Waals surface area contributed by atoms with Crippen LogP contribution < -0.4 is 10.1 Å². The molecular weight excluding hydrogens is 390 g/mol. The number of aromatic amines is 1. The maximum absolute atomic E-state index is 12.9. The lowest BCUT2D eigenvalue weighted by molar-refractivity contribution is -0.110. The molecule has 162 valence electrons. The van der Waals surface area contributed by atoms with Crippen molar-refractivity contribution in [2.24, 2.45) is 0 Å². The van der Waals surface area contributed by atoms with Gasteiger partial charge in [-0.15, -0.1) is 0 Å². The van der Waals surface area contributed by atoms with Gasteiger partial charge in [-0.05, 0) is 75.9 Å². The zero-order valence-corrected chi connectivity index (χ0v) is 18.1. The third-order valence-electron chi connectivity index (χ3n) is 6.71. The Bertz CT molecular complexity index is 1060. The van der Waals surface area contributed by atoms with Crippen molar-refractivity contribution in [1.82, 2.24) is 9.88 Å². The predicted octanol–water partition coefficient (Wildman–Crippen LogP) is 4.06. The van der Waals surface area contributed by atoms with Crippen LogP contribution in [-0.2, 0) is 17.6 Å². The lowest BCUT2D eigenvalue weighted by Gasteiger charge is -2.25. The van der Waals surface area contributed by atoms with Crippen molar-refractivity contribution < 1.29 is 14.3 Å². The number of aromatic nitrogens is 1. The van der Waals surface area contributed by atoms with Crippen molar-refractivity contribution in [3.8, 4) is 5.75 Å². The molecule has 0 unspecified atom stereocenters. The maximum atomic E-state index is 12.9. The number of hydrogen-bond acceptors (Lipinski definition) is 4. The Hall–Kier alpha value is -2.86. The lowest BCUT2D eigenvalue weighted by atomic mass is 9.97. The number of benzene rings is 1. The highest BCUT2D eigenvalue weighted by Crippen LogP contribution is 2.38. The third kappa shape index (κ3) is 3.81. The van der Waals surface area contributed by atoms with E-state index in [4.69, 9.17) is 4.74 Å². The van der Waals surface area contributed by atoms with E-state index in [9.17, 15) is 9.59 Å². The molecule has 6 heteroatoms. The number of carbonyl (C=O) groups excluding carboxylic acids is 2. The maximum Gasteiger partial charge on any atom is 0.256 e. The number of piperidine rings is 1. The summed E-state index contributed by atoms with van der Waals surface area (Å²) >= 11 is 0. The second-order valence-electron chi connectivity index (χ2n) is 8.77. The summed E-state index contributed by atoms with van der Waals surface area (Å²) in [6.07, 6.45) is 9.76. The van der Waals surface area contributed by atoms with E-state index in [0.29, 0.717) is 17.7 Å². The van der Waals surface area contributed by atoms with Crippen LogP contribution >= 0.6 is 0 Å². The Kier molecular flexibility index (Phi) is 5.40. The van der Waals surface area contributed by atoms with Crippen LogP contribution in [0.15, 0.2) is 18.2 Å². The minimum absolute atomic E-state index is 0.108. The zero-order chi connectivity index (χ0) is 21.4. The molecule has 2 aliphatic heterocycles. The number of likely N-dealkylation sites (tertiary alicyclic amines) is 1. The van der Waals surface area contributed by atoms with Crippen molar-refractivity contribution >= 4 is 29.0 Å². The quantitative estimate of drug-likeness (QED) is 0.566. The number of hydrogen-bond donors (Lipinski definition) is 2. The van der Waals surface area contributed by atoms with Crippen molar-refractivity contribution in [2.75, 3.05) is 32.1 Å². The molecule has 1 aromatic heterocycles. The van der Waals surface area contributed by atoms with Crippen molar-refractivity contribution in [1.29, 1.82) is 0 Å². The number of aryl methyl sites for hydroxylation is 1. The van der Waals surface area contributed by atoms with E-state index in [-0.39, 0.29) is 11.7 Å². The number of carbonyl (C=O) groups is 2. The Morgan fingerprint density at radius 1 is 1.13 bits per heavy atom. The molecule has 6 nitrogen and oxygen atoms in total. The number of ether oxygens (including phenoxy) is 1. The molecule has 2 aromatic rings. The third-order valence-corrected chi connectivity index (χ3v) is 6.71. The smallest absolute Gasteiger partial charge is 0.256 e. The molecule has 1 aromatic carbocycles. The summed E-state index contributed by atoms with van der Waals surface area (Å²) < 4.78 is 5.70. The topological polar surface area (TPSA) is 74.4 Å². The average Bonchev–Trinajstić information content (AvgIpc) is 3.30. The molecule has 2 N–H and O–H groups in total. The van der Waals surface area contributed by atoms with Gasteiger partial charge in [-0.3, -0.25) is 14.5 Å². The van der Waals surface area contributed by atoms with E-state index in [1.54, 1.807) is 7.11 Å². The van der Waals surface area contributed by atoms with E-state index in [1.807, 2.05) is 24.3 Å². The number of nitrogens with one attached hydrogen (secondary N) is 2. The first-order chi connectivity index (χ1) is 15.1. The number of rotatable bonds is 5. The lowest BCUT2D eigenvalue weighted by Crippen LogP contribution is -2.34. The molecule has 0 radical (unpaired) electrons. The van der Waals surface area contributed by atoms with Crippen molar-refractivity contribution in [3.05, 3.63) is 46.3 Å². The Morgan fingerprint density at radius 2 is 1.94 bits per heavy atom. The summed E-state index contributed by atoms with van der Waals surface area (Å²) in [6.45, 7) is 2.41. The van der Waals surface area contributed by atoms with E-state index in [2.05, 4.69) is 15.2 Å². The van der Waals surface area contributed by atoms with Crippen LogP contribution in [0.2, 0.25) is 0 Å². The van der Waals surface area contributed by atoms with Gasteiger partial charge < -0.3 is 15.0 Å². The molecule has 3 aliphatic rings. The molecule has 1 fully saturated rings. The molecule has 1 saturated heterocycles. The molecule has 0 saturated carbocycles. The molecule has 31 heavy (non-hydrogen) atoms. The monoisotopic (exact) mass is 419 g/mol. The number of fused-ring (bicyclic) bond motifs is 2. The minimum Gasteiger partial charge on any atom is -0.494 e. The van der Waals surface area contributed by atoms with Gasteiger partial charge in [0, 0.05) is 28.1 Å². The number of H-pyrrole nitrogens is 1. The molecular formula is C25H29N3O3. The summed E-state index contributed by atoms with van der Waals surface area (Å²) in [6, 6.07) is 5.53. The summed E-state index contributed by atoms with van der Waals surface area (Å²) in [5, 5.41) is 2.93. The summed E-state index contributed by atoms with van der Waals surface area (Å²) in [5.41, 5.74) is 6.02. The molecule has 0 spiro atoms. The number of methoxy groups -OCH3 is 1. The van der Waals surface area contributed by atoms with Gasteiger partial charge in [-0.25, -0.2) is 0 Å². The van der Waals surface area contributed by atoms with Crippen LogP contribution in [0.5, 0.6) is 5.75 Å². The SMILES string of the molecule is COc1c(C=C2C(=O)Nc3ccc(C(=O)CN4CCCCC4)cc32)[nH]c2c1CCCC2. The number of anilines is 1. The van der Waals surface area contributed by atoms with E-state index < -0.39 is 0 Å². The van der Waals surface area contributed by atoms with E-state index >= 15 is 0 Å². The van der Waals surface area contributed by atoms with E-state index in [1.165, 1.54) is 24.1 Å². The largest absolute Gasteiger partial charge is 0.494 e. The van der Waals surface area contributed by atoms with Gasteiger partial charge in [-0.2, -0.15) is 0 Å². The van der Waals surface area contributed by atoms with Gasteiger partial charge in [0.05, 0.1) is 24.9 Å². The van der Waals surface area contributed by atoms with Gasteiger partial charge in [0.1, 0.15) is 5.75 Å². The number of nitrogens with zero attached hydrogens (tertiary/aromatic N) is 1. The zero-order valence-electron chi connectivity index (χ0n) is 18.1. The van der Waals surface area contributed by atoms with E-state index in [0.717, 1.165) is 67.9 Å². The summed E-state index contributed by atoms with van der Waals surface area (Å²) in [7, 11) is 1.68. The number of amides is 1.